The second kappa shape index (κ2) is 8.72. The first kappa shape index (κ1) is 19.1. The highest BCUT2D eigenvalue weighted by Gasteiger charge is 2.23. The Balaban J connectivity index is 0.00000192. The molecule has 0 bridgehead atoms. The van der Waals surface area contributed by atoms with Crippen molar-refractivity contribution in [1.82, 2.24) is 10.3 Å². The number of halogens is 4. The van der Waals surface area contributed by atoms with Gasteiger partial charge in [-0.25, -0.2) is 4.98 Å². The summed E-state index contributed by atoms with van der Waals surface area (Å²) in [6, 6.07) is 10.3. The molecule has 1 aliphatic rings. The molecule has 0 spiro atoms. The highest BCUT2D eigenvalue weighted by atomic mass is 127. The van der Waals surface area contributed by atoms with Gasteiger partial charge < -0.3 is 10.2 Å². The van der Waals surface area contributed by atoms with Crippen molar-refractivity contribution < 1.29 is 0 Å². The summed E-state index contributed by atoms with van der Waals surface area (Å²) in [7, 11) is 0. The molecule has 1 aromatic heterocycles. The van der Waals surface area contributed by atoms with Crippen molar-refractivity contribution in [2.75, 3.05) is 18.0 Å². The number of rotatable bonds is 4. The summed E-state index contributed by atoms with van der Waals surface area (Å²) in [5, 5.41) is 4.96. The van der Waals surface area contributed by atoms with Gasteiger partial charge in [0.25, 0.3) is 0 Å². The van der Waals surface area contributed by atoms with E-state index in [1.165, 1.54) is 0 Å². The van der Waals surface area contributed by atoms with E-state index in [-0.39, 0.29) is 12.4 Å². The molecule has 1 saturated heterocycles. The van der Waals surface area contributed by atoms with Gasteiger partial charge in [-0.3, -0.25) is 0 Å². The zero-order valence-electron chi connectivity index (χ0n) is 12.3. The largest absolute Gasteiger partial charge is 0.355 e. The van der Waals surface area contributed by atoms with Crippen LogP contribution >= 0.6 is 58.2 Å². The lowest BCUT2D eigenvalue weighted by Crippen LogP contribution is -2.32. The first-order chi connectivity index (χ1) is 10.6. The van der Waals surface area contributed by atoms with Crippen molar-refractivity contribution in [3.63, 3.8) is 0 Å². The quantitative estimate of drug-likeness (QED) is 0.633. The van der Waals surface area contributed by atoms with Crippen LogP contribution in [0, 0.1) is 3.57 Å². The van der Waals surface area contributed by atoms with Crippen LogP contribution < -0.4 is 10.2 Å². The van der Waals surface area contributed by atoms with E-state index in [1.54, 1.807) is 6.07 Å². The molecule has 0 radical (unpaired) electrons. The molecule has 1 aromatic carbocycles. The molecule has 1 atom stereocenters. The molecule has 1 unspecified atom stereocenters. The summed E-state index contributed by atoms with van der Waals surface area (Å²) >= 11 is 14.4. The van der Waals surface area contributed by atoms with Gasteiger partial charge in [0.2, 0.25) is 0 Å². The number of hydrogen-bond donors (Lipinski definition) is 1. The predicted octanol–water partition coefficient (Wildman–Crippen LogP) is 4.78. The second-order valence-corrected chi connectivity index (χ2v) is 7.47. The van der Waals surface area contributed by atoms with Crippen molar-refractivity contribution >= 4 is 64.0 Å². The predicted molar refractivity (Wildman–Crippen MR) is 108 cm³/mol. The maximum Gasteiger partial charge on any atom is 0.128 e. The van der Waals surface area contributed by atoms with Crippen LogP contribution in [0.25, 0.3) is 0 Å². The molecular formula is C16H17Cl3IN3. The number of pyridine rings is 1. The molecule has 7 heteroatoms. The topological polar surface area (TPSA) is 28.2 Å². The van der Waals surface area contributed by atoms with Crippen LogP contribution in [0.1, 0.15) is 12.0 Å². The molecule has 0 amide bonds. The van der Waals surface area contributed by atoms with E-state index in [0.717, 1.165) is 41.0 Å². The molecule has 23 heavy (non-hydrogen) atoms. The SMILES string of the molecule is Cl.Clc1ccc(CNC2CCN(c3ccc(I)cn3)C2)c(Cl)c1. The number of nitrogens with zero attached hydrogens (tertiary/aromatic N) is 2. The van der Waals surface area contributed by atoms with Crippen LogP contribution in [-0.4, -0.2) is 24.1 Å². The van der Waals surface area contributed by atoms with Crippen molar-refractivity contribution in [1.29, 1.82) is 0 Å². The third-order valence-electron chi connectivity index (χ3n) is 3.82. The molecule has 3 rings (SSSR count). The average Bonchev–Trinajstić information content (AvgIpc) is 2.96. The fourth-order valence-corrected chi connectivity index (χ4v) is 3.40. The molecule has 124 valence electrons. The van der Waals surface area contributed by atoms with Gasteiger partial charge in [-0.05, 0) is 58.8 Å². The molecule has 1 aliphatic heterocycles. The molecule has 1 fully saturated rings. The number of nitrogens with one attached hydrogen (secondary N) is 1. The molecule has 1 N–H and O–H groups in total. The summed E-state index contributed by atoms with van der Waals surface area (Å²) in [4.78, 5) is 6.81. The van der Waals surface area contributed by atoms with Gasteiger partial charge in [0, 0.05) is 45.5 Å². The molecule has 2 aromatic rings. The fraction of sp³-hybridized carbons (Fsp3) is 0.312. The van der Waals surface area contributed by atoms with Crippen molar-refractivity contribution in [2.24, 2.45) is 0 Å². The van der Waals surface area contributed by atoms with Crippen LogP contribution in [0.4, 0.5) is 5.82 Å². The van der Waals surface area contributed by atoms with E-state index in [0.29, 0.717) is 16.1 Å². The number of aromatic nitrogens is 1. The number of hydrogen-bond acceptors (Lipinski definition) is 3. The minimum absolute atomic E-state index is 0. The Morgan fingerprint density at radius 2 is 2.09 bits per heavy atom. The van der Waals surface area contributed by atoms with E-state index in [1.807, 2.05) is 18.3 Å². The second-order valence-electron chi connectivity index (χ2n) is 5.38. The van der Waals surface area contributed by atoms with Crippen LogP contribution in [0.3, 0.4) is 0 Å². The Bertz CT molecular complexity index is 652. The molecule has 0 saturated carbocycles. The summed E-state index contributed by atoms with van der Waals surface area (Å²) in [5.74, 6) is 1.05. The summed E-state index contributed by atoms with van der Waals surface area (Å²) in [6.45, 7) is 2.76. The minimum atomic E-state index is 0. The van der Waals surface area contributed by atoms with E-state index >= 15 is 0 Å². The zero-order valence-corrected chi connectivity index (χ0v) is 16.8. The summed E-state index contributed by atoms with van der Waals surface area (Å²) in [6.07, 6.45) is 3.02. The third-order valence-corrected chi connectivity index (χ3v) is 5.05. The smallest absolute Gasteiger partial charge is 0.128 e. The number of anilines is 1. The van der Waals surface area contributed by atoms with Gasteiger partial charge >= 0.3 is 0 Å². The summed E-state index contributed by atoms with van der Waals surface area (Å²) < 4.78 is 1.16. The standard InChI is InChI=1S/C16H16Cl2IN3.ClH/c17-12-2-1-11(15(18)7-12)8-20-14-5-6-22(10-14)16-4-3-13(19)9-21-16;/h1-4,7,9,14,20H,5-6,8,10H2;1H. The summed E-state index contributed by atoms with van der Waals surface area (Å²) in [5.41, 5.74) is 1.08. The maximum absolute atomic E-state index is 6.21. The van der Waals surface area contributed by atoms with Crippen LogP contribution in [0.2, 0.25) is 10.0 Å². The zero-order chi connectivity index (χ0) is 15.5. The van der Waals surface area contributed by atoms with E-state index in [4.69, 9.17) is 23.2 Å². The van der Waals surface area contributed by atoms with Crippen LogP contribution in [0.15, 0.2) is 36.5 Å². The first-order valence-electron chi connectivity index (χ1n) is 7.15. The molecular weight excluding hydrogens is 467 g/mol. The number of benzene rings is 1. The fourth-order valence-electron chi connectivity index (χ4n) is 2.61. The normalized spacial score (nSPS) is 17.2. The Kier molecular flexibility index (Phi) is 7.22. The third kappa shape index (κ3) is 5.10. The molecule has 3 nitrogen and oxygen atoms in total. The van der Waals surface area contributed by atoms with E-state index in [9.17, 15) is 0 Å². The van der Waals surface area contributed by atoms with E-state index < -0.39 is 0 Å². The average molecular weight is 485 g/mol. The van der Waals surface area contributed by atoms with Gasteiger partial charge in [-0.2, -0.15) is 0 Å². The first-order valence-corrected chi connectivity index (χ1v) is 8.99. The van der Waals surface area contributed by atoms with Crippen molar-refractivity contribution in [3.8, 4) is 0 Å². The Morgan fingerprint density at radius 3 is 2.78 bits per heavy atom. The Labute approximate surface area is 166 Å². The highest BCUT2D eigenvalue weighted by molar-refractivity contribution is 14.1. The lowest BCUT2D eigenvalue weighted by molar-refractivity contribution is 0.551. The molecule has 0 aliphatic carbocycles. The van der Waals surface area contributed by atoms with Gasteiger partial charge in [-0.1, -0.05) is 29.3 Å². The lowest BCUT2D eigenvalue weighted by atomic mass is 10.2. The monoisotopic (exact) mass is 483 g/mol. The van der Waals surface area contributed by atoms with Gasteiger partial charge in [0.05, 0.1) is 0 Å². The van der Waals surface area contributed by atoms with Crippen molar-refractivity contribution in [3.05, 3.63) is 55.7 Å². The highest BCUT2D eigenvalue weighted by Crippen LogP contribution is 2.22. The Morgan fingerprint density at radius 1 is 1.26 bits per heavy atom. The van der Waals surface area contributed by atoms with Gasteiger partial charge in [0.1, 0.15) is 5.82 Å². The Hall–Kier alpha value is -0.270. The van der Waals surface area contributed by atoms with E-state index in [2.05, 4.69) is 49.9 Å². The van der Waals surface area contributed by atoms with Gasteiger partial charge in [-0.15, -0.1) is 12.4 Å². The van der Waals surface area contributed by atoms with Crippen LogP contribution in [-0.2, 0) is 6.54 Å². The van der Waals surface area contributed by atoms with Crippen molar-refractivity contribution in [2.45, 2.75) is 19.0 Å². The minimum Gasteiger partial charge on any atom is -0.355 e. The molecule has 2 heterocycles. The lowest BCUT2D eigenvalue weighted by Gasteiger charge is -2.18. The van der Waals surface area contributed by atoms with Gasteiger partial charge in [0.15, 0.2) is 0 Å². The van der Waals surface area contributed by atoms with Crippen LogP contribution in [0.5, 0.6) is 0 Å². The maximum atomic E-state index is 6.21.